The predicted molar refractivity (Wildman–Crippen MR) is 152 cm³/mol. The molecule has 0 aliphatic carbocycles. The van der Waals surface area contributed by atoms with Crippen LogP contribution in [-0.2, 0) is 16.2 Å². The summed E-state index contributed by atoms with van der Waals surface area (Å²) in [6.45, 7) is 7.84. The largest absolute Gasteiger partial charge is 0.457 e. The van der Waals surface area contributed by atoms with Crippen molar-refractivity contribution >= 4 is 17.5 Å². The van der Waals surface area contributed by atoms with Crippen molar-refractivity contribution in [1.82, 2.24) is 15.1 Å². The van der Waals surface area contributed by atoms with Crippen LogP contribution in [0.2, 0.25) is 0 Å². The lowest BCUT2D eigenvalue weighted by Crippen LogP contribution is -2.47. The number of carbonyl (C=O) groups is 2. The van der Waals surface area contributed by atoms with Crippen molar-refractivity contribution in [2.24, 2.45) is 5.16 Å². The van der Waals surface area contributed by atoms with Gasteiger partial charge in [-0.05, 0) is 55.1 Å². The lowest BCUT2D eigenvalue weighted by molar-refractivity contribution is -0.124. The van der Waals surface area contributed by atoms with Crippen molar-refractivity contribution in [3.8, 4) is 11.5 Å². The van der Waals surface area contributed by atoms with Crippen LogP contribution in [0.4, 0.5) is 0 Å². The van der Waals surface area contributed by atoms with Crippen molar-refractivity contribution in [3.05, 3.63) is 96.1 Å². The van der Waals surface area contributed by atoms with Crippen LogP contribution < -0.4 is 10.1 Å². The summed E-state index contributed by atoms with van der Waals surface area (Å²) >= 11 is 0. The highest BCUT2D eigenvalue weighted by Gasteiger charge is 2.38. The van der Waals surface area contributed by atoms with Gasteiger partial charge in [0.05, 0.1) is 12.3 Å². The van der Waals surface area contributed by atoms with Gasteiger partial charge < -0.3 is 24.7 Å². The van der Waals surface area contributed by atoms with Crippen LogP contribution in [-0.4, -0.2) is 66.1 Å². The summed E-state index contributed by atoms with van der Waals surface area (Å²) in [5, 5.41) is 7.30. The van der Waals surface area contributed by atoms with E-state index < -0.39 is 6.04 Å². The minimum Gasteiger partial charge on any atom is -0.457 e. The van der Waals surface area contributed by atoms with Gasteiger partial charge in [-0.1, -0.05) is 67.5 Å². The van der Waals surface area contributed by atoms with Gasteiger partial charge in [0.2, 0.25) is 5.91 Å². The minimum absolute atomic E-state index is 0.187. The normalized spacial score (nSPS) is 15.9. The number of likely N-dealkylation sites (N-methyl/N-ethyl adjacent to an activating group) is 1. The number of amides is 2. The maximum Gasteiger partial charge on any atom is 0.254 e. The number of para-hydroxylation sites is 1. The molecule has 1 saturated heterocycles. The third kappa shape index (κ3) is 7.91. The maximum absolute atomic E-state index is 13.5. The summed E-state index contributed by atoms with van der Waals surface area (Å²) < 4.78 is 5.85. The third-order valence-electron chi connectivity index (χ3n) is 6.69. The zero-order valence-electron chi connectivity index (χ0n) is 22.6. The molecule has 204 valence electrons. The fourth-order valence-corrected chi connectivity index (χ4v) is 4.44. The fraction of sp³-hybridized carbons (Fsp3) is 0.323. The highest BCUT2D eigenvalue weighted by molar-refractivity contribution is 6.05. The number of benzene rings is 3. The van der Waals surface area contributed by atoms with E-state index in [-0.39, 0.29) is 18.4 Å². The van der Waals surface area contributed by atoms with Crippen LogP contribution in [0.1, 0.15) is 36.2 Å². The molecule has 1 heterocycles. The maximum atomic E-state index is 13.5. The number of hydrogen-bond acceptors (Lipinski definition) is 6. The molecule has 39 heavy (non-hydrogen) atoms. The number of ether oxygens (including phenoxy) is 1. The molecule has 0 aromatic heterocycles. The SMILES string of the molecule is CCN(CC)CCNC(=O)[C@@H]1C/C(=N\OCc2ccccc2)CN1C(=O)c1ccc(Oc2ccccc2)cc1. The molecule has 0 radical (unpaired) electrons. The van der Waals surface area contributed by atoms with Crippen LogP contribution >= 0.6 is 0 Å². The molecule has 1 aliphatic rings. The Morgan fingerprint density at radius 2 is 1.56 bits per heavy atom. The number of hydrogen-bond donors (Lipinski definition) is 1. The van der Waals surface area contributed by atoms with Crippen LogP contribution in [0.15, 0.2) is 90.1 Å². The van der Waals surface area contributed by atoms with Gasteiger partial charge in [-0.25, -0.2) is 0 Å². The van der Waals surface area contributed by atoms with E-state index in [9.17, 15) is 9.59 Å². The average Bonchev–Trinajstić information content (AvgIpc) is 3.41. The van der Waals surface area contributed by atoms with Gasteiger partial charge in [-0.3, -0.25) is 9.59 Å². The van der Waals surface area contributed by atoms with Crippen molar-refractivity contribution in [2.45, 2.75) is 32.9 Å². The highest BCUT2D eigenvalue weighted by Crippen LogP contribution is 2.24. The smallest absolute Gasteiger partial charge is 0.254 e. The quantitative estimate of drug-likeness (QED) is 0.344. The van der Waals surface area contributed by atoms with Gasteiger partial charge in [0.25, 0.3) is 5.91 Å². The molecule has 2 amide bonds. The van der Waals surface area contributed by atoms with Gasteiger partial charge in [-0.2, -0.15) is 0 Å². The summed E-state index contributed by atoms with van der Waals surface area (Å²) in [6.07, 6.45) is 0.326. The highest BCUT2D eigenvalue weighted by atomic mass is 16.6. The first-order chi connectivity index (χ1) is 19.1. The van der Waals surface area contributed by atoms with Gasteiger partial charge >= 0.3 is 0 Å². The summed E-state index contributed by atoms with van der Waals surface area (Å²) in [5.41, 5.74) is 2.13. The first-order valence-electron chi connectivity index (χ1n) is 13.4. The first-order valence-corrected chi connectivity index (χ1v) is 13.4. The number of nitrogens with zero attached hydrogens (tertiary/aromatic N) is 3. The summed E-state index contributed by atoms with van der Waals surface area (Å²) in [5.74, 6) is 0.918. The Balaban J connectivity index is 1.44. The lowest BCUT2D eigenvalue weighted by atomic mass is 10.1. The Morgan fingerprint density at radius 1 is 0.923 bits per heavy atom. The summed E-state index contributed by atoms with van der Waals surface area (Å²) in [4.78, 5) is 36.1. The molecule has 0 spiro atoms. The number of oxime groups is 1. The van der Waals surface area contributed by atoms with Crippen molar-refractivity contribution < 1.29 is 19.2 Å². The van der Waals surface area contributed by atoms with E-state index in [0.29, 0.717) is 42.3 Å². The Kier molecular flexibility index (Phi) is 10.1. The predicted octanol–water partition coefficient (Wildman–Crippen LogP) is 4.72. The molecule has 4 rings (SSSR count). The van der Waals surface area contributed by atoms with Crippen LogP contribution in [0.25, 0.3) is 0 Å². The van der Waals surface area contributed by atoms with E-state index in [0.717, 1.165) is 25.2 Å². The number of rotatable bonds is 12. The fourth-order valence-electron chi connectivity index (χ4n) is 4.44. The zero-order valence-corrected chi connectivity index (χ0v) is 22.6. The second kappa shape index (κ2) is 14.1. The Morgan fingerprint density at radius 3 is 2.23 bits per heavy atom. The van der Waals surface area contributed by atoms with Crippen molar-refractivity contribution in [3.63, 3.8) is 0 Å². The summed E-state index contributed by atoms with van der Waals surface area (Å²) in [7, 11) is 0. The minimum atomic E-state index is -0.659. The molecule has 3 aromatic rings. The van der Waals surface area contributed by atoms with E-state index in [4.69, 9.17) is 9.57 Å². The zero-order chi connectivity index (χ0) is 27.5. The molecule has 1 aliphatic heterocycles. The van der Waals surface area contributed by atoms with Crippen LogP contribution in [0.5, 0.6) is 11.5 Å². The molecule has 1 atom stereocenters. The van der Waals surface area contributed by atoms with Crippen molar-refractivity contribution in [1.29, 1.82) is 0 Å². The van der Waals surface area contributed by atoms with E-state index in [1.165, 1.54) is 0 Å². The molecular weight excluding hydrogens is 492 g/mol. The third-order valence-corrected chi connectivity index (χ3v) is 6.69. The molecule has 0 bridgehead atoms. The monoisotopic (exact) mass is 528 g/mol. The topological polar surface area (TPSA) is 83.5 Å². The molecule has 0 saturated carbocycles. The Hall–Kier alpha value is -4.17. The molecule has 0 unspecified atom stereocenters. The van der Waals surface area contributed by atoms with Gasteiger partial charge in [0.15, 0.2) is 0 Å². The number of carbonyl (C=O) groups excluding carboxylic acids is 2. The van der Waals surface area contributed by atoms with Gasteiger partial charge in [0.1, 0.15) is 24.1 Å². The second-order valence-corrected chi connectivity index (χ2v) is 9.33. The molecule has 8 heteroatoms. The summed E-state index contributed by atoms with van der Waals surface area (Å²) in [6, 6.07) is 25.5. The van der Waals surface area contributed by atoms with Gasteiger partial charge in [-0.15, -0.1) is 0 Å². The molecule has 1 N–H and O–H groups in total. The first kappa shape index (κ1) is 27.9. The average molecular weight is 529 g/mol. The Bertz CT molecular complexity index is 1230. The van der Waals surface area contributed by atoms with Crippen LogP contribution in [0, 0.1) is 0 Å². The van der Waals surface area contributed by atoms with Crippen molar-refractivity contribution in [2.75, 3.05) is 32.7 Å². The number of nitrogens with one attached hydrogen (secondary N) is 1. The van der Waals surface area contributed by atoms with Gasteiger partial charge in [0, 0.05) is 25.1 Å². The van der Waals surface area contributed by atoms with Crippen LogP contribution in [0.3, 0.4) is 0 Å². The van der Waals surface area contributed by atoms with E-state index in [1.807, 2.05) is 60.7 Å². The second-order valence-electron chi connectivity index (χ2n) is 9.33. The standard InChI is InChI=1S/C31H36N4O4/c1-3-34(4-2)20-19-32-30(36)29-21-26(33-38-23-24-11-7-5-8-12-24)22-35(29)31(37)25-15-17-28(18-16-25)39-27-13-9-6-10-14-27/h5-18,29H,3-4,19-23H2,1-2H3,(H,32,36)/b33-26+/t29-/m0/s1. The number of likely N-dealkylation sites (tertiary alicyclic amines) is 1. The van der Waals surface area contributed by atoms with E-state index >= 15 is 0 Å². The lowest BCUT2D eigenvalue weighted by Gasteiger charge is -2.24. The molecule has 3 aromatic carbocycles. The van der Waals surface area contributed by atoms with E-state index in [1.54, 1.807) is 29.2 Å². The molecule has 1 fully saturated rings. The Labute approximate surface area is 230 Å². The molecular formula is C31H36N4O4. The van der Waals surface area contributed by atoms with E-state index in [2.05, 4.69) is 29.2 Å². The molecule has 8 nitrogen and oxygen atoms in total.